The molecule has 0 spiro atoms. The molecule has 3 atom stereocenters. The normalized spacial score (nSPS) is 18.8. The number of rotatable bonds is 10. The minimum atomic E-state index is -1.03. The smallest absolute Gasteiger partial charge is 0.338 e. The Morgan fingerprint density at radius 3 is 2.12 bits per heavy atom. The molecule has 49 heavy (non-hydrogen) atoms. The zero-order chi connectivity index (χ0) is 33.9. The second kappa shape index (κ2) is 14.2. The number of ether oxygens (including phenoxy) is 2. The van der Waals surface area contributed by atoms with Gasteiger partial charge in [0, 0.05) is 23.9 Å². The van der Waals surface area contributed by atoms with E-state index in [0.717, 1.165) is 33.4 Å². The molecule has 2 aliphatic rings. The predicted molar refractivity (Wildman–Crippen MR) is 183 cm³/mol. The quantitative estimate of drug-likeness (QED) is 0.118. The van der Waals surface area contributed by atoms with Gasteiger partial charge in [-0.15, -0.1) is 11.8 Å². The summed E-state index contributed by atoms with van der Waals surface area (Å²) in [5, 5.41) is 19.6. The number of benzene rings is 4. The zero-order valence-corrected chi connectivity index (χ0v) is 27.1. The highest BCUT2D eigenvalue weighted by Crippen LogP contribution is 2.40. The third-order valence-electron chi connectivity index (χ3n) is 8.74. The Balaban J connectivity index is 1.12. The van der Waals surface area contributed by atoms with Crippen LogP contribution >= 0.6 is 11.8 Å². The lowest BCUT2D eigenvalue weighted by Gasteiger charge is -2.36. The number of hydrogen-bond donors (Lipinski definition) is 2. The van der Waals surface area contributed by atoms with Crippen molar-refractivity contribution >= 4 is 29.5 Å². The number of carboxylic acids is 1. The molecule has 7 rings (SSSR count). The summed E-state index contributed by atoms with van der Waals surface area (Å²) >= 11 is 1.34. The second-order valence-corrected chi connectivity index (χ2v) is 12.9. The fraction of sp³-hybridized carbons (Fsp3) is 0.179. The number of fused-ring (bicyclic) bond motifs is 1. The van der Waals surface area contributed by atoms with Crippen molar-refractivity contribution in [3.63, 3.8) is 0 Å². The molecule has 1 aromatic heterocycles. The average molecular weight is 673 g/mol. The lowest BCUT2D eigenvalue weighted by molar-refractivity contribution is -0.245. The summed E-state index contributed by atoms with van der Waals surface area (Å²) in [6.45, 7) is 0.0929. The predicted octanol–water partition coefficient (Wildman–Crippen LogP) is 7.07. The number of hydrogen-bond acceptors (Lipinski definition) is 8. The van der Waals surface area contributed by atoms with E-state index in [-0.39, 0.29) is 42.7 Å². The van der Waals surface area contributed by atoms with Gasteiger partial charge in [0.2, 0.25) is 0 Å². The Hall–Kier alpha value is -5.13. The molecule has 5 aromatic rings. The van der Waals surface area contributed by atoms with E-state index < -0.39 is 12.3 Å². The summed E-state index contributed by atoms with van der Waals surface area (Å²) in [5.41, 5.74) is 6.19. The first-order valence-corrected chi connectivity index (χ1v) is 16.8. The maximum Gasteiger partial charge on any atom is 0.338 e. The van der Waals surface area contributed by atoms with Crippen LogP contribution in [0.2, 0.25) is 0 Å². The summed E-state index contributed by atoms with van der Waals surface area (Å²) in [6.07, 6.45) is 0.829. The van der Waals surface area contributed by atoms with Crippen LogP contribution in [-0.2, 0) is 22.6 Å². The van der Waals surface area contributed by atoms with Crippen molar-refractivity contribution in [3.05, 3.63) is 154 Å². The van der Waals surface area contributed by atoms with Gasteiger partial charge in [0.15, 0.2) is 6.29 Å². The molecule has 0 radical (unpaired) electrons. The standard InChI is InChI=1S/C39H32N2O7S/c42-22-24-11-13-26(14-12-24)34-20-29(23-49-35-33(38(45)46)10-5-19-40-35)47-39(48-34)27-17-15-25(16-18-27)30-7-2-1-6-28(30)21-41-36(43)31-8-3-4-9-32(31)37(41)44/h1-19,29,34,39,42H,20-23H2,(H,45,46). The molecule has 246 valence electrons. The van der Waals surface area contributed by atoms with Crippen LogP contribution in [0.3, 0.4) is 0 Å². The molecule has 9 nitrogen and oxygen atoms in total. The molecule has 3 heterocycles. The summed E-state index contributed by atoms with van der Waals surface area (Å²) in [4.78, 5) is 43.5. The molecule has 1 saturated heterocycles. The van der Waals surface area contributed by atoms with Gasteiger partial charge in [-0.2, -0.15) is 0 Å². The first kappa shape index (κ1) is 32.4. The van der Waals surface area contributed by atoms with Gasteiger partial charge in [0.25, 0.3) is 11.8 Å². The number of aromatic carboxylic acids is 1. The van der Waals surface area contributed by atoms with Crippen LogP contribution in [0.25, 0.3) is 11.1 Å². The van der Waals surface area contributed by atoms with E-state index in [2.05, 4.69) is 4.98 Å². The molecule has 10 heteroatoms. The molecule has 3 unspecified atom stereocenters. The van der Waals surface area contributed by atoms with Crippen LogP contribution < -0.4 is 0 Å². The number of imide groups is 1. The van der Waals surface area contributed by atoms with Crippen molar-refractivity contribution in [2.75, 3.05) is 5.75 Å². The Labute approximate surface area is 287 Å². The highest BCUT2D eigenvalue weighted by atomic mass is 32.2. The Morgan fingerprint density at radius 1 is 0.796 bits per heavy atom. The molecule has 1 fully saturated rings. The average Bonchev–Trinajstić information content (AvgIpc) is 3.39. The first-order valence-electron chi connectivity index (χ1n) is 15.8. The van der Waals surface area contributed by atoms with Crippen molar-refractivity contribution in [2.45, 2.75) is 43.1 Å². The van der Waals surface area contributed by atoms with Gasteiger partial charge in [-0.3, -0.25) is 14.5 Å². The largest absolute Gasteiger partial charge is 0.478 e. The van der Waals surface area contributed by atoms with E-state index in [1.807, 2.05) is 72.8 Å². The van der Waals surface area contributed by atoms with E-state index in [1.165, 1.54) is 22.7 Å². The van der Waals surface area contributed by atoms with E-state index >= 15 is 0 Å². The van der Waals surface area contributed by atoms with Crippen LogP contribution in [0.15, 0.2) is 120 Å². The van der Waals surface area contributed by atoms with Crippen molar-refractivity contribution in [2.24, 2.45) is 0 Å². The molecule has 2 amide bonds. The lowest BCUT2D eigenvalue weighted by Crippen LogP contribution is -2.31. The Bertz CT molecular complexity index is 1980. The minimum absolute atomic E-state index is 0.0550. The summed E-state index contributed by atoms with van der Waals surface area (Å²) in [7, 11) is 0. The topological polar surface area (TPSA) is 126 Å². The number of carboxylic acid groups (broad SMARTS) is 1. The lowest BCUT2D eigenvalue weighted by atomic mass is 9.97. The van der Waals surface area contributed by atoms with Crippen LogP contribution in [0, 0.1) is 0 Å². The fourth-order valence-electron chi connectivity index (χ4n) is 6.18. The number of amides is 2. The van der Waals surface area contributed by atoms with Crippen molar-refractivity contribution < 1.29 is 34.1 Å². The Kier molecular flexibility index (Phi) is 9.36. The van der Waals surface area contributed by atoms with Crippen molar-refractivity contribution in [3.8, 4) is 11.1 Å². The highest BCUT2D eigenvalue weighted by molar-refractivity contribution is 7.99. The van der Waals surface area contributed by atoms with E-state index in [1.54, 1.807) is 36.5 Å². The van der Waals surface area contributed by atoms with Gasteiger partial charge in [-0.25, -0.2) is 9.78 Å². The van der Waals surface area contributed by atoms with Gasteiger partial charge in [-0.1, -0.05) is 84.9 Å². The number of aromatic nitrogens is 1. The maximum atomic E-state index is 13.1. The zero-order valence-electron chi connectivity index (χ0n) is 26.3. The third kappa shape index (κ3) is 6.77. The van der Waals surface area contributed by atoms with Crippen LogP contribution in [0.4, 0.5) is 0 Å². The molecular weight excluding hydrogens is 641 g/mol. The molecule has 0 bridgehead atoms. The van der Waals surface area contributed by atoms with E-state index in [0.29, 0.717) is 28.3 Å². The number of thioether (sulfide) groups is 1. The van der Waals surface area contributed by atoms with Crippen LogP contribution in [0.1, 0.15) is 72.1 Å². The number of nitrogens with zero attached hydrogens (tertiary/aromatic N) is 2. The summed E-state index contributed by atoms with van der Waals surface area (Å²) in [6, 6.07) is 33.2. The van der Waals surface area contributed by atoms with Crippen LogP contribution in [-0.4, -0.2) is 49.7 Å². The van der Waals surface area contributed by atoms with Gasteiger partial charge in [0.1, 0.15) is 5.03 Å². The van der Waals surface area contributed by atoms with E-state index in [9.17, 15) is 24.6 Å². The molecule has 2 aliphatic heterocycles. The molecule has 2 N–H and O–H groups in total. The van der Waals surface area contributed by atoms with Crippen LogP contribution in [0.5, 0.6) is 0 Å². The summed E-state index contributed by atoms with van der Waals surface area (Å²) < 4.78 is 13.0. The number of carbonyl (C=O) groups excluding carboxylic acids is 2. The Morgan fingerprint density at radius 2 is 1.45 bits per heavy atom. The van der Waals surface area contributed by atoms with E-state index in [4.69, 9.17) is 9.47 Å². The molecule has 0 saturated carbocycles. The minimum Gasteiger partial charge on any atom is -0.478 e. The SMILES string of the molecule is O=C(O)c1cccnc1SCC1CC(c2ccc(CO)cc2)OC(c2ccc(-c3ccccc3CN3C(=O)c4ccccc4C3=O)cc2)O1. The van der Waals surface area contributed by atoms with Crippen molar-refractivity contribution in [1.82, 2.24) is 9.88 Å². The van der Waals surface area contributed by atoms with Gasteiger partial charge in [0.05, 0.1) is 42.0 Å². The third-order valence-corrected chi connectivity index (χ3v) is 9.88. The number of carbonyl (C=O) groups is 3. The second-order valence-electron chi connectivity index (χ2n) is 11.8. The van der Waals surface area contributed by atoms with Gasteiger partial charge < -0.3 is 19.7 Å². The maximum absolute atomic E-state index is 13.1. The molecule has 4 aromatic carbocycles. The first-order chi connectivity index (χ1) is 23.9. The number of aliphatic hydroxyl groups excluding tert-OH is 1. The summed E-state index contributed by atoms with van der Waals surface area (Å²) in [5.74, 6) is -1.17. The molecular formula is C39H32N2O7S. The fourth-order valence-corrected chi connectivity index (χ4v) is 7.18. The number of aliphatic hydroxyl groups is 1. The number of pyridine rings is 1. The monoisotopic (exact) mass is 672 g/mol. The highest BCUT2D eigenvalue weighted by Gasteiger charge is 2.36. The van der Waals surface area contributed by atoms with Crippen molar-refractivity contribution in [1.29, 1.82) is 0 Å². The van der Waals surface area contributed by atoms with Gasteiger partial charge >= 0.3 is 5.97 Å². The molecule has 0 aliphatic carbocycles. The van der Waals surface area contributed by atoms with Gasteiger partial charge in [-0.05, 0) is 52.1 Å².